The Balaban J connectivity index is 2.53. The van der Waals surface area contributed by atoms with E-state index in [0.29, 0.717) is 15.9 Å². The van der Waals surface area contributed by atoms with E-state index in [1.54, 1.807) is 36.4 Å². The SMILES string of the molecule is COc1ccccc1N(C)S(=O)(=O)c1ccc(Br)cc1Cl. The molecule has 0 fully saturated rings. The number of methoxy groups -OCH3 is 1. The summed E-state index contributed by atoms with van der Waals surface area (Å²) in [5.41, 5.74) is 0.444. The summed E-state index contributed by atoms with van der Waals surface area (Å²) >= 11 is 9.31. The minimum Gasteiger partial charge on any atom is -0.495 e. The third-order valence-electron chi connectivity index (χ3n) is 2.96. The molecule has 7 heteroatoms. The van der Waals surface area contributed by atoms with E-state index in [2.05, 4.69) is 15.9 Å². The Morgan fingerprint density at radius 2 is 1.86 bits per heavy atom. The molecule has 0 radical (unpaired) electrons. The highest BCUT2D eigenvalue weighted by molar-refractivity contribution is 9.10. The third-order valence-corrected chi connectivity index (χ3v) is 5.70. The number of ether oxygens (including phenoxy) is 1. The zero-order chi connectivity index (χ0) is 15.6. The fourth-order valence-corrected chi connectivity index (χ4v) is 4.07. The molecule has 0 saturated carbocycles. The van der Waals surface area contributed by atoms with Gasteiger partial charge in [0.25, 0.3) is 10.0 Å². The van der Waals surface area contributed by atoms with Crippen LogP contribution in [0.4, 0.5) is 5.69 Å². The Morgan fingerprint density at radius 3 is 2.48 bits per heavy atom. The van der Waals surface area contributed by atoms with Crippen LogP contribution in [0.15, 0.2) is 51.8 Å². The Morgan fingerprint density at radius 1 is 1.19 bits per heavy atom. The van der Waals surface area contributed by atoms with E-state index in [0.717, 1.165) is 4.31 Å². The number of hydrogen-bond acceptors (Lipinski definition) is 3. The van der Waals surface area contributed by atoms with E-state index in [1.807, 2.05) is 0 Å². The van der Waals surface area contributed by atoms with Crippen molar-refractivity contribution in [2.45, 2.75) is 4.90 Å². The molecular formula is C14H13BrClNO3S. The van der Waals surface area contributed by atoms with Crippen LogP contribution >= 0.6 is 27.5 Å². The first-order chi connectivity index (χ1) is 9.87. The molecule has 0 amide bonds. The first-order valence-corrected chi connectivity index (χ1v) is 8.56. The third kappa shape index (κ3) is 3.17. The second kappa shape index (κ2) is 6.25. The number of rotatable bonds is 4. The van der Waals surface area contributed by atoms with Crippen LogP contribution in [0.2, 0.25) is 5.02 Å². The molecule has 0 aliphatic heterocycles. The van der Waals surface area contributed by atoms with Gasteiger partial charge >= 0.3 is 0 Å². The Hall–Kier alpha value is -1.24. The number of nitrogens with zero attached hydrogens (tertiary/aromatic N) is 1. The molecule has 0 unspecified atom stereocenters. The number of halogens is 2. The van der Waals surface area contributed by atoms with Crippen molar-refractivity contribution >= 4 is 43.2 Å². The van der Waals surface area contributed by atoms with Crippen molar-refractivity contribution in [1.82, 2.24) is 0 Å². The first kappa shape index (κ1) is 16.1. The summed E-state index contributed by atoms with van der Waals surface area (Å²) in [6.07, 6.45) is 0. The average Bonchev–Trinajstić information content (AvgIpc) is 2.46. The molecule has 4 nitrogen and oxygen atoms in total. The summed E-state index contributed by atoms with van der Waals surface area (Å²) in [7, 11) is -0.816. The topological polar surface area (TPSA) is 46.6 Å². The predicted octanol–water partition coefficient (Wildman–Crippen LogP) is 3.94. The van der Waals surface area contributed by atoms with Crippen LogP contribution in [0.5, 0.6) is 5.75 Å². The van der Waals surface area contributed by atoms with Gasteiger partial charge in [0.2, 0.25) is 0 Å². The molecule has 0 aliphatic carbocycles. The van der Waals surface area contributed by atoms with Crippen LogP contribution in [-0.2, 0) is 10.0 Å². The van der Waals surface area contributed by atoms with Crippen LogP contribution in [-0.4, -0.2) is 22.6 Å². The van der Waals surface area contributed by atoms with Crippen molar-refractivity contribution < 1.29 is 13.2 Å². The molecule has 0 bridgehead atoms. The smallest absolute Gasteiger partial charge is 0.265 e. The minimum atomic E-state index is -3.77. The van der Waals surface area contributed by atoms with E-state index in [-0.39, 0.29) is 9.92 Å². The van der Waals surface area contributed by atoms with Gasteiger partial charge in [0.1, 0.15) is 10.6 Å². The number of benzene rings is 2. The standard InChI is InChI=1S/C14H13BrClNO3S/c1-17(12-5-3-4-6-13(12)20-2)21(18,19)14-8-7-10(15)9-11(14)16/h3-9H,1-2H3. The van der Waals surface area contributed by atoms with Gasteiger partial charge in [0.05, 0.1) is 17.8 Å². The molecule has 0 atom stereocenters. The second-order valence-electron chi connectivity index (χ2n) is 4.22. The van der Waals surface area contributed by atoms with Crippen molar-refractivity contribution in [2.75, 3.05) is 18.5 Å². The Labute approximate surface area is 137 Å². The van der Waals surface area contributed by atoms with E-state index >= 15 is 0 Å². The van der Waals surface area contributed by atoms with Gasteiger partial charge < -0.3 is 4.74 Å². The summed E-state index contributed by atoms with van der Waals surface area (Å²) in [4.78, 5) is 0.0424. The van der Waals surface area contributed by atoms with Gasteiger partial charge in [-0.3, -0.25) is 4.31 Å². The average molecular weight is 391 g/mol. The van der Waals surface area contributed by atoms with E-state index in [1.165, 1.54) is 20.2 Å². The van der Waals surface area contributed by atoms with Crippen molar-refractivity contribution in [3.8, 4) is 5.75 Å². The maximum Gasteiger partial charge on any atom is 0.265 e. The minimum absolute atomic E-state index is 0.0424. The van der Waals surface area contributed by atoms with Gasteiger partial charge in [-0.05, 0) is 30.3 Å². The van der Waals surface area contributed by atoms with Gasteiger partial charge in [-0.1, -0.05) is 39.7 Å². The summed E-state index contributed by atoms with van der Waals surface area (Å²) < 4.78 is 32.5. The molecule has 2 aromatic carbocycles. The van der Waals surface area contributed by atoms with Crippen LogP contribution in [0.3, 0.4) is 0 Å². The number of para-hydroxylation sites is 2. The maximum absolute atomic E-state index is 12.7. The van der Waals surface area contributed by atoms with Gasteiger partial charge in [-0.15, -0.1) is 0 Å². The van der Waals surface area contributed by atoms with Gasteiger partial charge in [0, 0.05) is 11.5 Å². The van der Waals surface area contributed by atoms with Crippen molar-refractivity contribution in [3.05, 3.63) is 52.0 Å². The maximum atomic E-state index is 12.7. The molecule has 0 N–H and O–H groups in total. The number of anilines is 1. The highest BCUT2D eigenvalue weighted by Crippen LogP contribution is 2.33. The van der Waals surface area contributed by atoms with E-state index in [9.17, 15) is 8.42 Å². The lowest BCUT2D eigenvalue weighted by Crippen LogP contribution is -2.27. The van der Waals surface area contributed by atoms with Crippen LogP contribution < -0.4 is 9.04 Å². The zero-order valence-corrected chi connectivity index (χ0v) is 14.5. The Kier molecular flexibility index (Phi) is 4.81. The van der Waals surface area contributed by atoms with Crippen LogP contribution in [0, 0.1) is 0 Å². The second-order valence-corrected chi connectivity index (χ2v) is 7.48. The molecule has 0 spiro atoms. The summed E-state index contributed by atoms with van der Waals surface area (Å²) in [5, 5.41) is 0.158. The monoisotopic (exact) mass is 389 g/mol. The number of sulfonamides is 1. The highest BCUT2D eigenvalue weighted by atomic mass is 79.9. The van der Waals surface area contributed by atoms with Crippen LogP contribution in [0.25, 0.3) is 0 Å². The quantitative estimate of drug-likeness (QED) is 0.794. The first-order valence-electron chi connectivity index (χ1n) is 5.95. The molecule has 0 heterocycles. The van der Waals surface area contributed by atoms with Crippen molar-refractivity contribution in [3.63, 3.8) is 0 Å². The fraction of sp³-hybridized carbons (Fsp3) is 0.143. The van der Waals surface area contributed by atoms with Crippen molar-refractivity contribution in [1.29, 1.82) is 0 Å². The Bertz CT molecular complexity index is 765. The molecule has 2 rings (SSSR count). The molecule has 112 valence electrons. The van der Waals surface area contributed by atoms with E-state index < -0.39 is 10.0 Å². The number of hydrogen-bond donors (Lipinski definition) is 0. The molecule has 0 aromatic heterocycles. The molecular weight excluding hydrogens is 378 g/mol. The lowest BCUT2D eigenvalue weighted by atomic mass is 10.3. The molecule has 2 aromatic rings. The molecule has 0 aliphatic rings. The summed E-state index contributed by atoms with van der Waals surface area (Å²) in [6.45, 7) is 0. The lowest BCUT2D eigenvalue weighted by molar-refractivity contribution is 0.416. The van der Waals surface area contributed by atoms with Gasteiger partial charge in [-0.2, -0.15) is 0 Å². The summed E-state index contributed by atoms with van der Waals surface area (Å²) in [6, 6.07) is 11.5. The summed E-state index contributed by atoms with van der Waals surface area (Å²) in [5.74, 6) is 0.469. The normalized spacial score (nSPS) is 11.2. The fourth-order valence-electron chi connectivity index (χ4n) is 1.85. The lowest BCUT2D eigenvalue weighted by Gasteiger charge is -2.22. The highest BCUT2D eigenvalue weighted by Gasteiger charge is 2.25. The largest absolute Gasteiger partial charge is 0.495 e. The van der Waals surface area contributed by atoms with E-state index in [4.69, 9.17) is 16.3 Å². The molecule has 21 heavy (non-hydrogen) atoms. The zero-order valence-electron chi connectivity index (χ0n) is 11.4. The van der Waals surface area contributed by atoms with Crippen LogP contribution in [0.1, 0.15) is 0 Å². The predicted molar refractivity (Wildman–Crippen MR) is 87.7 cm³/mol. The van der Waals surface area contributed by atoms with Crippen molar-refractivity contribution in [2.24, 2.45) is 0 Å². The molecule has 0 saturated heterocycles. The van der Waals surface area contributed by atoms with Gasteiger partial charge in [0.15, 0.2) is 0 Å². The van der Waals surface area contributed by atoms with Gasteiger partial charge in [-0.25, -0.2) is 8.42 Å².